The van der Waals surface area contributed by atoms with Crippen molar-refractivity contribution in [1.29, 1.82) is 0 Å². The molecule has 0 aromatic carbocycles. The largest absolute Gasteiger partial charge is 0.476 e. The number of amides is 1. The SMILES string of the molecule is CN(C)C(=O)CCn1nnc(C(=O)O)c1CN. The van der Waals surface area contributed by atoms with E-state index in [-0.39, 0.29) is 31.1 Å². The molecular weight excluding hydrogens is 226 g/mol. The van der Waals surface area contributed by atoms with Crippen molar-refractivity contribution in [3.8, 4) is 0 Å². The van der Waals surface area contributed by atoms with E-state index in [4.69, 9.17) is 10.8 Å². The molecule has 1 rings (SSSR count). The molecule has 8 heteroatoms. The number of carbonyl (C=O) groups is 2. The summed E-state index contributed by atoms with van der Waals surface area (Å²) in [5.41, 5.74) is 5.60. The van der Waals surface area contributed by atoms with Crippen molar-refractivity contribution in [1.82, 2.24) is 19.9 Å². The quantitative estimate of drug-likeness (QED) is 0.677. The molecule has 1 amide bonds. The summed E-state index contributed by atoms with van der Waals surface area (Å²) >= 11 is 0. The molecule has 1 aromatic heterocycles. The maximum absolute atomic E-state index is 11.4. The number of hydrogen-bond donors (Lipinski definition) is 2. The monoisotopic (exact) mass is 241 g/mol. The first-order valence-corrected chi connectivity index (χ1v) is 5.03. The smallest absolute Gasteiger partial charge is 0.358 e. The highest BCUT2D eigenvalue weighted by Crippen LogP contribution is 2.05. The summed E-state index contributed by atoms with van der Waals surface area (Å²) in [6.07, 6.45) is 0.225. The maximum atomic E-state index is 11.4. The van der Waals surface area contributed by atoms with E-state index in [1.807, 2.05) is 0 Å². The highest BCUT2D eigenvalue weighted by molar-refractivity contribution is 5.86. The Morgan fingerprint density at radius 3 is 2.59 bits per heavy atom. The van der Waals surface area contributed by atoms with Crippen molar-refractivity contribution in [2.45, 2.75) is 19.5 Å². The average Bonchev–Trinajstić information content (AvgIpc) is 2.68. The first kappa shape index (κ1) is 13.1. The number of nitrogens with zero attached hydrogens (tertiary/aromatic N) is 4. The fraction of sp³-hybridized carbons (Fsp3) is 0.556. The Balaban J connectivity index is 2.78. The van der Waals surface area contributed by atoms with Gasteiger partial charge in [0.25, 0.3) is 0 Å². The number of rotatable bonds is 5. The zero-order valence-corrected chi connectivity index (χ0v) is 9.75. The van der Waals surface area contributed by atoms with E-state index in [1.54, 1.807) is 14.1 Å². The molecule has 17 heavy (non-hydrogen) atoms. The number of carboxylic acid groups (broad SMARTS) is 1. The van der Waals surface area contributed by atoms with Crippen LogP contribution in [0.25, 0.3) is 0 Å². The van der Waals surface area contributed by atoms with Crippen molar-refractivity contribution in [2.75, 3.05) is 14.1 Å². The third kappa shape index (κ3) is 3.00. The second kappa shape index (κ2) is 5.39. The molecule has 0 saturated heterocycles. The van der Waals surface area contributed by atoms with Gasteiger partial charge in [0.1, 0.15) is 0 Å². The molecule has 0 bridgehead atoms. The molecular formula is C9H15N5O3. The van der Waals surface area contributed by atoms with Crippen LogP contribution in [0.2, 0.25) is 0 Å². The second-order valence-corrected chi connectivity index (χ2v) is 3.66. The van der Waals surface area contributed by atoms with Gasteiger partial charge in [-0.1, -0.05) is 5.21 Å². The van der Waals surface area contributed by atoms with Crippen molar-refractivity contribution in [3.63, 3.8) is 0 Å². The number of carboxylic acids is 1. The molecule has 1 heterocycles. The normalized spacial score (nSPS) is 10.3. The molecule has 0 radical (unpaired) electrons. The summed E-state index contributed by atoms with van der Waals surface area (Å²) in [7, 11) is 3.30. The summed E-state index contributed by atoms with van der Waals surface area (Å²) in [5.74, 6) is -1.24. The fourth-order valence-electron chi connectivity index (χ4n) is 1.31. The summed E-state index contributed by atoms with van der Waals surface area (Å²) in [4.78, 5) is 23.6. The van der Waals surface area contributed by atoms with E-state index in [0.29, 0.717) is 5.69 Å². The number of nitrogens with two attached hydrogens (primary N) is 1. The predicted molar refractivity (Wildman–Crippen MR) is 58.2 cm³/mol. The second-order valence-electron chi connectivity index (χ2n) is 3.66. The fourth-order valence-corrected chi connectivity index (χ4v) is 1.31. The van der Waals surface area contributed by atoms with Crippen LogP contribution in [0, 0.1) is 0 Å². The van der Waals surface area contributed by atoms with Crippen LogP contribution in [0.1, 0.15) is 22.6 Å². The van der Waals surface area contributed by atoms with Crippen molar-refractivity contribution in [2.24, 2.45) is 5.73 Å². The van der Waals surface area contributed by atoms with Crippen LogP contribution in [0.4, 0.5) is 0 Å². The lowest BCUT2D eigenvalue weighted by Crippen LogP contribution is -2.24. The zero-order chi connectivity index (χ0) is 13.0. The highest BCUT2D eigenvalue weighted by Gasteiger charge is 2.18. The van der Waals surface area contributed by atoms with Gasteiger partial charge in [-0.2, -0.15) is 0 Å². The topological polar surface area (TPSA) is 114 Å². The van der Waals surface area contributed by atoms with Crippen LogP contribution in [0.3, 0.4) is 0 Å². The van der Waals surface area contributed by atoms with Gasteiger partial charge in [0.05, 0.1) is 12.2 Å². The zero-order valence-electron chi connectivity index (χ0n) is 9.75. The lowest BCUT2D eigenvalue weighted by Gasteiger charge is -2.10. The van der Waals surface area contributed by atoms with Gasteiger partial charge in [-0.25, -0.2) is 9.48 Å². The Bertz CT molecular complexity index is 426. The van der Waals surface area contributed by atoms with Crippen LogP contribution in [-0.2, 0) is 17.9 Å². The number of carbonyl (C=O) groups excluding carboxylic acids is 1. The van der Waals surface area contributed by atoms with Crippen molar-refractivity contribution >= 4 is 11.9 Å². The van der Waals surface area contributed by atoms with Crippen LogP contribution in [0.5, 0.6) is 0 Å². The van der Waals surface area contributed by atoms with Crippen LogP contribution < -0.4 is 5.73 Å². The summed E-state index contributed by atoms with van der Waals surface area (Å²) in [6, 6.07) is 0. The van der Waals surface area contributed by atoms with Gasteiger partial charge in [-0.3, -0.25) is 4.79 Å². The average molecular weight is 241 g/mol. The minimum Gasteiger partial charge on any atom is -0.476 e. The lowest BCUT2D eigenvalue weighted by molar-refractivity contribution is -0.128. The third-order valence-electron chi connectivity index (χ3n) is 2.27. The van der Waals surface area contributed by atoms with Crippen LogP contribution >= 0.6 is 0 Å². The molecule has 0 aliphatic heterocycles. The van der Waals surface area contributed by atoms with Gasteiger partial charge < -0.3 is 15.7 Å². The maximum Gasteiger partial charge on any atom is 0.358 e. The Kier molecular flexibility index (Phi) is 4.16. The summed E-state index contributed by atoms with van der Waals surface area (Å²) in [6.45, 7) is 0.286. The minimum atomic E-state index is -1.17. The third-order valence-corrected chi connectivity index (χ3v) is 2.27. The molecule has 0 unspecified atom stereocenters. The van der Waals surface area contributed by atoms with Gasteiger partial charge in [-0.15, -0.1) is 5.10 Å². The Labute approximate surface area is 98.0 Å². The molecule has 0 spiro atoms. The summed E-state index contributed by atoms with van der Waals surface area (Å²) in [5, 5.41) is 16.0. The molecule has 0 aliphatic carbocycles. The van der Waals surface area contributed by atoms with Gasteiger partial charge in [0.2, 0.25) is 5.91 Å². The van der Waals surface area contributed by atoms with E-state index >= 15 is 0 Å². The first-order valence-electron chi connectivity index (χ1n) is 5.03. The molecule has 0 aliphatic rings. The molecule has 8 nitrogen and oxygen atoms in total. The minimum absolute atomic E-state index is 0.0186. The Hall–Kier alpha value is -1.96. The molecule has 1 aromatic rings. The molecule has 0 fully saturated rings. The molecule has 0 atom stereocenters. The highest BCUT2D eigenvalue weighted by atomic mass is 16.4. The first-order chi connectivity index (χ1) is 7.97. The number of aromatic carboxylic acids is 1. The summed E-state index contributed by atoms with van der Waals surface area (Å²) < 4.78 is 1.35. The van der Waals surface area contributed by atoms with Gasteiger partial charge in [-0.05, 0) is 0 Å². The Morgan fingerprint density at radius 2 is 2.12 bits per heavy atom. The molecule has 3 N–H and O–H groups in total. The van der Waals surface area contributed by atoms with E-state index in [1.165, 1.54) is 9.58 Å². The van der Waals surface area contributed by atoms with Crippen LogP contribution in [0.15, 0.2) is 0 Å². The van der Waals surface area contributed by atoms with Gasteiger partial charge >= 0.3 is 5.97 Å². The van der Waals surface area contributed by atoms with E-state index in [0.717, 1.165) is 0 Å². The number of aryl methyl sites for hydroxylation is 1. The standard InChI is InChI=1S/C9H15N5O3/c1-13(2)7(15)3-4-14-6(5-10)8(9(16)17)11-12-14/h3-5,10H2,1-2H3,(H,16,17). The number of hydrogen-bond acceptors (Lipinski definition) is 5. The van der Waals surface area contributed by atoms with E-state index in [2.05, 4.69) is 10.3 Å². The predicted octanol–water partition coefficient (Wildman–Crippen LogP) is -1.09. The molecule has 0 saturated carbocycles. The van der Waals surface area contributed by atoms with E-state index < -0.39 is 5.97 Å². The van der Waals surface area contributed by atoms with Crippen LogP contribution in [-0.4, -0.2) is 51.0 Å². The van der Waals surface area contributed by atoms with E-state index in [9.17, 15) is 9.59 Å². The van der Waals surface area contributed by atoms with Gasteiger partial charge in [0, 0.05) is 27.1 Å². The van der Waals surface area contributed by atoms with Gasteiger partial charge in [0.15, 0.2) is 5.69 Å². The Morgan fingerprint density at radius 1 is 1.47 bits per heavy atom. The molecule has 94 valence electrons. The van der Waals surface area contributed by atoms with Crippen molar-refractivity contribution in [3.05, 3.63) is 11.4 Å². The van der Waals surface area contributed by atoms with Crippen molar-refractivity contribution < 1.29 is 14.7 Å². The lowest BCUT2D eigenvalue weighted by atomic mass is 10.3. The number of aromatic nitrogens is 3.